The third kappa shape index (κ3) is 2.34. The first-order chi connectivity index (χ1) is 9.59. The maximum absolute atomic E-state index is 12.8. The Bertz CT molecular complexity index is 527. The van der Waals surface area contributed by atoms with Gasteiger partial charge in [-0.05, 0) is 18.9 Å². The number of halogens is 2. The molecule has 2 atom stereocenters. The van der Waals surface area contributed by atoms with Gasteiger partial charge >= 0.3 is 0 Å². The van der Waals surface area contributed by atoms with Gasteiger partial charge in [-0.15, -0.1) is 0 Å². The van der Waals surface area contributed by atoms with Crippen molar-refractivity contribution in [2.45, 2.75) is 37.8 Å². The zero-order chi connectivity index (χ0) is 14.3. The summed E-state index contributed by atoms with van der Waals surface area (Å²) >= 11 is 12.1. The van der Waals surface area contributed by atoms with E-state index < -0.39 is 0 Å². The molecular formula is C14H18Cl2N2O2. The highest BCUT2D eigenvalue weighted by molar-refractivity contribution is 6.41. The van der Waals surface area contributed by atoms with Crippen molar-refractivity contribution in [1.29, 1.82) is 0 Å². The van der Waals surface area contributed by atoms with Crippen LogP contribution in [0.3, 0.4) is 0 Å². The Morgan fingerprint density at radius 1 is 1.35 bits per heavy atom. The van der Waals surface area contributed by atoms with Gasteiger partial charge in [-0.2, -0.15) is 0 Å². The minimum atomic E-state index is 0.00139. The zero-order valence-electron chi connectivity index (χ0n) is 11.4. The Balaban J connectivity index is 1.87. The van der Waals surface area contributed by atoms with E-state index in [1.165, 1.54) is 6.42 Å². The lowest BCUT2D eigenvalue weighted by Crippen LogP contribution is -2.55. The normalized spacial score (nSPS) is 26.4. The fraction of sp³-hybridized carbons (Fsp3) is 0.643. The molecule has 0 radical (unpaired) electrons. The third-order valence-electron chi connectivity index (χ3n) is 4.33. The molecule has 1 aliphatic heterocycles. The quantitative estimate of drug-likeness (QED) is 0.797. The van der Waals surface area contributed by atoms with Crippen LogP contribution >= 0.6 is 23.2 Å². The topological polar surface area (TPSA) is 34.5 Å². The van der Waals surface area contributed by atoms with Crippen molar-refractivity contribution >= 4 is 29.1 Å². The summed E-state index contributed by atoms with van der Waals surface area (Å²) in [7, 11) is 1.76. The molecule has 3 rings (SSSR count). The molecule has 0 unspecified atom stereocenters. The second kappa shape index (κ2) is 5.58. The highest BCUT2D eigenvalue weighted by atomic mass is 35.5. The molecule has 20 heavy (non-hydrogen) atoms. The molecule has 0 aromatic carbocycles. The van der Waals surface area contributed by atoms with E-state index in [2.05, 4.69) is 0 Å². The molecule has 4 nitrogen and oxygen atoms in total. The molecule has 0 spiro atoms. The van der Waals surface area contributed by atoms with Gasteiger partial charge < -0.3 is 14.2 Å². The lowest BCUT2D eigenvalue weighted by molar-refractivity contribution is -0.0755. The number of morpholine rings is 1. The van der Waals surface area contributed by atoms with E-state index in [4.69, 9.17) is 27.9 Å². The van der Waals surface area contributed by atoms with E-state index in [0.29, 0.717) is 29.0 Å². The van der Waals surface area contributed by atoms with Crippen molar-refractivity contribution < 1.29 is 9.53 Å². The average Bonchev–Trinajstić information content (AvgIpc) is 2.73. The molecule has 2 fully saturated rings. The Hall–Kier alpha value is -0.710. The minimum Gasteiger partial charge on any atom is -0.374 e. The monoisotopic (exact) mass is 316 g/mol. The van der Waals surface area contributed by atoms with Crippen LogP contribution in [-0.2, 0) is 11.8 Å². The summed E-state index contributed by atoms with van der Waals surface area (Å²) in [5.41, 5.74) is 0.547. The van der Waals surface area contributed by atoms with Crippen LogP contribution in [0.2, 0.25) is 10.2 Å². The molecule has 1 aromatic heterocycles. The number of nitrogens with zero attached hydrogens (tertiary/aromatic N) is 2. The number of fused-ring (bicyclic) bond motifs is 1. The van der Waals surface area contributed by atoms with Crippen molar-refractivity contribution in [2.75, 3.05) is 13.2 Å². The van der Waals surface area contributed by atoms with Crippen LogP contribution in [0.4, 0.5) is 0 Å². The highest BCUT2D eigenvalue weighted by Gasteiger charge is 2.37. The summed E-state index contributed by atoms with van der Waals surface area (Å²) in [5.74, 6) is 0.00139. The maximum atomic E-state index is 12.8. The Kier molecular flexibility index (Phi) is 3.98. The average molecular weight is 317 g/mol. The Morgan fingerprint density at radius 2 is 2.10 bits per heavy atom. The first-order valence-corrected chi connectivity index (χ1v) is 7.78. The van der Waals surface area contributed by atoms with Crippen molar-refractivity contribution in [1.82, 2.24) is 9.47 Å². The lowest BCUT2D eigenvalue weighted by Gasteiger charge is -2.43. The lowest BCUT2D eigenvalue weighted by atomic mass is 9.90. The molecule has 0 bridgehead atoms. The number of aromatic nitrogens is 1. The van der Waals surface area contributed by atoms with Crippen LogP contribution in [0.5, 0.6) is 0 Å². The van der Waals surface area contributed by atoms with Crippen molar-refractivity contribution in [3.05, 3.63) is 21.9 Å². The van der Waals surface area contributed by atoms with Crippen LogP contribution in [0.15, 0.2) is 6.07 Å². The SMILES string of the molecule is Cn1c(C(=O)N2CCO[C@@H]3CCCC[C@@H]32)cc(Cl)c1Cl. The predicted molar refractivity (Wildman–Crippen MR) is 78.5 cm³/mol. The predicted octanol–water partition coefficient (Wildman–Crippen LogP) is 3.12. The van der Waals surface area contributed by atoms with E-state index in [0.717, 1.165) is 19.3 Å². The van der Waals surface area contributed by atoms with E-state index in [1.54, 1.807) is 17.7 Å². The molecule has 0 N–H and O–H groups in total. The second-order valence-electron chi connectivity index (χ2n) is 5.49. The zero-order valence-corrected chi connectivity index (χ0v) is 13.0. The number of carbonyl (C=O) groups is 1. The van der Waals surface area contributed by atoms with Crippen LogP contribution in [0.1, 0.15) is 36.2 Å². The summed E-state index contributed by atoms with van der Waals surface area (Å²) in [5, 5.41) is 0.828. The molecule has 110 valence electrons. The van der Waals surface area contributed by atoms with Gasteiger partial charge in [0.2, 0.25) is 0 Å². The number of ether oxygens (including phenoxy) is 1. The molecule has 1 amide bonds. The maximum Gasteiger partial charge on any atom is 0.270 e. The van der Waals surface area contributed by atoms with Crippen LogP contribution in [-0.4, -0.2) is 40.7 Å². The number of rotatable bonds is 1. The van der Waals surface area contributed by atoms with E-state index >= 15 is 0 Å². The summed E-state index contributed by atoms with van der Waals surface area (Å²) in [6, 6.07) is 1.84. The number of amides is 1. The number of hydrogen-bond acceptors (Lipinski definition) is 2. The van der Waals surface area contributed by atoms with Gasteiger partial charge in [0.25, 0.3) is 5.91 Å². The summed E-state index contributed by atoms with van der Waals surface area (Å²) in [6.07, 6.45) is 4.59. The molecule has 1 aromatic rings. The first-order valence-electron chi connectivity index (χ1n) is 7.03. The number of hydrogen-bond donors (Lipinski definition) is 0. The molecule has 2 aliphatic rings. The molecule has 1 saturated heterocycles. The fourth-order valence-electron chi connectivity index (χ4n) is 3.24. The van der Waals surface area contributed by atoms with Crippen molar-refractivity contribution in [3.8, 4) is 0 Å². The minimum absolute atomic E-state index is 0.00139. The van der Waals surface area contributed by atoms with Crippen LogP contribution in [0, 0.1) is 0 Å². The van der Waals surface area contributed by atoms with Crippen molar-refractivity contribution in [2.24, 2.45) is 7.05 Å². The third-order valence-corrected chi connectivity index (χ3v) is 5.17. The molecule has 1 aliphatic carbocycles. The van der Waals surface area contributed by atoms with Gasteiger partial charge in [-0.3, -0.25) is 4.79 Å². The fourth-order valence-corrected chi connectivity index (χ4v) is 3.62. The van der Waals surface area contributed by atoms with Gasteiger partial charge in [-0.1, -0.05) is 36.0 Å². The first kappa shape index (κ1) is 14.2. The smallest absolute Gasteiger partial charge is 0.270 e. The molecule has 1 saturated carbocycles. The standard InChI is InChI=1S/C14H18Cl2N2O2/c1-17-11(8-9(15)13(17)16)14(19)18-6-7-20-12-5-3-2-4-10(12)18/h8,10,12H,2-7H2,1H3/t10-,12+/m0/s1. The summed E-state index contributed by atoms with van der Waals surface area (Å²) in [4.78, 5) is 14.7. The molecular weight excluding hydrogens is 299 g/mol. The van der Waals surface area contributed by atoms with Gasteiger partial charge in [0.15, 0.2) is 0 Å². The highest BCUT2D eigenvalue weighted by Crippen LogP contribution is 2.31. The van der Waals surface area contributed by atoms with E-state index in [-0.39, 0.29) is 18.1 Å². The van der Waals surface area contributed by atoms with Gasteiger partial charge in [0.05, 0.1) is 23.8 Å². The molecule has 6 heteroatoms. The van der Waals surface area contributed by atoms with E-state index in [9.17, 15) is 4.79 Å². The van der Waals surface area contributed by atoms with Gasteiger partial charge in [0.1, 0.15) is 10.8 Å². The second-order valence-corrected chi connectivity index (χ2v) is 6.25. The molecule has 2 heterocycles. The summed E-state index contributed by atoms with van der Waals surface area (Å²) in [6.45, 7) is 1.25. The van der Waals surface area contributed by atoms with Gasteiger partial charge in [0, 0.05) is 13.6 Å². The Labute approximate surface area is 128 Å². The summed E-state index contributed by atoms with van der Waals surface area (Å²) < 4.78 is 7.46. The van der Waals surface area contributed by atoms with Gasteiger partial charge in [-0.25, -0.2) is 0 Å². The van der Waals surface area contributed by atoms with Crippen LogP contribution < -0.4 is 0 Å². The van der Waals surface area contributed by atoms with Crippen LogP contribution in [0.25, 0.3) is 0 Å². The van der Waals surface area contributed by atoms with Crippen molar-refractivity contribution in [3.63, 3.8) is 0 Å². The number of carbonyl (C=O) groups excluding carboxylic acids is 1. The van der Waals surface area contributed by atoms with E-state index in [1.807, 2.05) is 4.90 Å². The largest absolute Gasteiger partial charge is 0.374 e. The Morgan fingerprint density at radius 3 is 2.80 bits per heavy atom.